The molecule has 0 spiro atoms. The molecule has 0 bridgehead atoms. The van der Waals surface area contributed by atoms with Crippen LogP contribution in [0.25, 0.3) is 0 Å². The zero-order valence-electron chi connectivity index (χ0n) is 9.19. The fourth-order valence-electron chi connectivity index (χ4n) is 0.418. The van der Waals surface area contributed by atoms with Crippen LogP contribution in [0.15, 0.2) is 0 Å². The molecule has 0 fully saturated rings. The maximum atomic E-state index is 9.84. The van der Waals surface area contributed by atoms with Gasteiger partial charge in [-0.05, 0) is 0 Å². The van der Waals surface area contributed by atoms with Crippen molar-refractivity contribution in [1.29, 1.82) is 0 Å². The van der Waals surface area contributed by atoms with Crippen LogP contribution in [0.5, 0.6) is 0 Å². The van der Waals surface area contributed by atoms with E-state index in [0.717, 1.165) is 11.0 Å². The highest BCUT2D eigenvalue weighted by atomic mass is 35.5. The van der Waals surface area contributed by atoms with Gasteiger partial charge in [0, 0.05) is 5.88 Å². The van der Waals surface area contributed by atoms with Crippen molar-refractivity contribution in [1.82, 2.24) is 0 Å². The Morgan fingerprint density at radius 1 is 1.33 bits per heavy atom. The van der Waals surface area contributed by atoms with Gasteiger partial charge in [-0.25, -0.2) is 0 Å². The topological polar surface area (TPSA) is 66.8 Å². The van der Waals surface area contributed by atoms with Gasteiger partial charge in [-0.3, -0.25) is 8.85 Å². The molecule has 8 heteroatoms. The lowest BCUT2D eigenvalue weighted by atomic mass is 10.5. The van der Waals surface area contributed by atoms with Crippen molar-refractivity contribution in [2.75, 3.05) is 46.3 Å². The van der Waals surface area contributed by atoms with Crippen LogP contribution >= 0.6 is 31.1 Å². The van der Waals surface area contributed by atoms with E-state index < -0.39 is 7.60 Å². The first-order valence-electron chi connectivity index (χ1n) is 4.27. The van der Waals surface area contributed by atoms with E-state index >= 15 is 0 Å². The maximum Gasteiger partial charge on any atom is 0.326 e. The summed E-state index contributed by atoms with van der Waals surface area (Å²) in [4.78, 5) is 16.1. The maximum absolute atomic E-state index is 9.84. The van der Waals surface area contributed by atoms with Crippen LogP contribution in [0.1, 0.15) is 0 Å². The zero-order chi connectivity index (χ0) is 12.5. The van der Waals surface area contributed by atoms with E-state index in [1.165, 1.54) is 0 Å². The van der Waals surface area contributed by atoms with Crippen molar-refractivity contribution in [3.05, 3.63) is 0 Å². The molecular formula is C7H19Cl2NO4P+. The standard InChI is InChI=1S/C5H13ClNO.C2H6ClO3P/c1-7(2,3)4-5-8-6;3-1-2-7(4,5)6/h4-5H2,1-3H3;1-2H2,(H2,4,5,6)/q+1;. The Balaban J connectivity index is 0. The Hall–Kier alpha value is 0.650. The number of hydrogen-bond acceptors (Lipinski definition) is 2. The Morgan fingerprint density at radius 2 is 1.80 bits per heavy atom. The van der Waals surface area contributed by atoms with Crippen molar-refractivity contribution in [3.63, 3.8) is 0 Å². The largest absolute Gasteiger partial charge is 0.329 e. The van der Waals surface area contributed by atoms with Crippen molar-refractivity contribution in [3.8, 4) is 0 Å². The van der Waals surface area contributed by atoms with Gasteiger partial charge >= 0.3 is 7.60 Å². The Kier molecular flexibility index (Phi) is 10.5. The molecule has 0 rings (SSSR count). The first-order chi connectivity index (χ1) is 6.62. The number of hydrogen-bond donors (Lipinski definition) is 2. The van der Waals surface area contributed by atoms with E-state index in [1.54, 1.807) is 0 Å². The van der Waals surface area contributed by atoms with Crippen LogP contribution in [0.3, 0.4) is 0 Å². The summed E-state index contributed by atoms with van der Waals surface area (Å²) in [5.41, 5.74) is 0. The van der Waals surface area contributed by atoms with E-state index in [9.17, 15) is 4.57 Å². The lowest BCUT2D eigenvalue weighted by molar-refractivity contribution is -0.870. The van der Waals surface area contributed by atoms with Gasteiger partial charge in [-0.2, -0.15) is 0 Å². The zero-order valence-corrected chi connectivity index (χ0v) is 11.6. The summed E-state index contributed by atoms with van der Waals surface area (Å²) < 4.78 is 15.1. The molecule has 0 saturated carbocycles. The first-order valence-corrected chi connectivity index (χ1v) is 6.91. The van der Waals surface area contributed by atoms with Gasteiger partial charge in [0.15, 0.2) is 0 Å². The molecule has 0 aliphatic heterocycles. The minimum absolute atomic E-state index is 0.0181. The number of quaternary nitrogens is 1. The normalized spacial score (nSPS) is 11.9. The first kappa shape index (κ1) is 18.0. The molecule has 0 heterocycles. The van der Waals surface area contributed by atoms with Crippen LogP contribution in [0, 0.1) is 0 Å². The molecule has 0 aliphatic rings. The molecule has 0 aromatic carbocycles. The number of rotatable bonds is 5. The van der Waals surface area contributed by atoms with Gasteiger partial charge in [-0.15, -0.1) is 11.6 Å². The fraction of sp³-hybridized carbons (Fsp3) is 1.00. The van der Waals surface area contributed by atoms with E-state index in [0.29, 0.717) is 6.61 Å². The summed E-state index contributed by atoms with van der Waals surface area (Å²) in [5, 5.41) is 0. The minimum atomic E-state index is -3.80. The third kappa shape index (κ3) is 25.2. The summed E-state index contributed by atoms with van der Waals surface area (Å²) in [5.74, 6) is 0.0181. The fourth-order valence-corrected chi connectivity index (χ4v) is 1.37. The molecule has 0 amide bonds. The third-order valence-electron chi connectivity index (χ3n) is 1.22. The molecule has 15 heavy (non-hydrogen) atoms. The molecular weight excluding hydrogens is 264 g/mol. The highest BCUT2D eigenvalue weighted by Gasteiger charge is 2.09. The average Bonchev–Trinajstić information content (AvgIpc) is 1.98. The van der Waals surface area contributed by atoms with E-state index in [1.807, 2.05) is 0 Å². The third-order valence-corrected chi connectivity index (χ3v) is 2.63. The molecule has 0 aromatic heterocycles. The molecule has 0 saturated heterocycles. The van der Waals surface area contributed by atoms with Gasteiger partial charge in [0.1, 0.15) is 13.2 Å². The highest BCUT2D eigenvalue weighted by Crippen LogP contribution is 2.33. The molecule has 2 N–H and O–H groups in total. The summed E-state index contributed by atoms with van der Waals surface area (Å²) in [6.07, 6.45) is -0.228. The smallest absolute Gasteiger partial charge is 0.326 e. The van der Waals surface area contributed by atoms with Crippen molar-refractivity contribution >= 4 is 31.1 Å². The number of nitrogens with zero attached hydrogens (tertiary/aromatic N) is 1. The monoisotopic (exact) mass is 282 g/mol. The van der Waals surface area contributed by atoms with Gasteiger partial charge in [0.05, 0.1) is 39.2 Å². The lowest BCUT2D eigenvalue weighted by Gasteiger charge is -2.22. The quantitative estimate of drug-likeness (QED) is 0.453. The van der Waals surface area contributed by atoms with Gasteiger partial charge < -0.3 is 14.3 Å². The van der Waals surface area contributed by atoms with Crippen LogP contribution in [-0.4, -0.2) is 60.6 Å². The predicted octanol–water partition coefficient (Wildman–Crippen LogP) is 1.27. The minimum Gasteiger partial charge on any atom is -0.329 e. The predicted molar refractivity (Wildman–Crippen MR) is 62.3 cm³/mol. The molecule has 0 atom stereocenters. The molecule has 0 unspecified atom stereocenters. The summed E-state index contributed by atoms with van der Waals surface area (Å²) >= 11 is 9.99. The number of likely N-dealkylation sites (N-methyl/N-ethyl adjacent to an activating group) is 1. The van der Waals surface area contributed by atoms with Crippen LogP contribution < -0.4 is 0 Å². The van der Waals surface area contributed by atoms with Gasteiger partial charge in [-0.1, -0.05) is 0 Å². The molecule has 0 radical (unpaired) electrons. The molecule has 0 aromatic rings. The van der Waals surface area contributed by atoms with Crippen LogP contribution in [0.2, 0.25) is 0 Å². The van der Waals surface area contributed by atoms with Crippen LogP contribution in [0.4, 0.5) is 0 Å². The Labute approximate surface area is 101 Å². The molecule has 94 valence electrons. The summed E-state index contributed by atoms with van der Waals surface area (Å²) in [6, 6.07) is 0. The molecule has 0 aliphatic carbocycles. The second kappa shape index (κ2) is 8.76. The highest BCUT2D eigenvalue weighted by molar-refractivity contribution is 7.51. The summed E-state index contributed by atoms with van der Waals surface area (Å²) in [7, 11) is 2.48. The number of alkyl halides is 1. The van der Waals surface area contributed by atoms with Crippen molar-refractivity contribution < 1.29 is 23.1 Å². The van der Waals surface area contributed by atoms with Crippen LogP contribution in [-0.2, 0) is 8.85 Å². The second-order valence-electron chi connectivity index (χ2n) is 3.90. The Bertz CT molecular complexity index is 192. The number of halogens is 2. The van der Waals surface area contributed by atoms with Crippen molar-refractivity contribution in [2.45, 2.75) is 0 Å². The Morgan fingerprint density at radius 3 is 1.87 bits per heavy atom. The van der Waals surface area contributed by atoms with Gasteiger partial charge in [0.2, 0.25) is 0 Å². The van der Waals surface area contributed by atoms with E-state index in [4.69, 9.17) is 33.3 Å². The summed E-state index contributed by atoms with van der Waals surface area (Å²) in [6.45, 7) is 1.56. The lowest BCUT2D eigenvalue weighted by Crippen LogP contribution is -2.37. The van der Waals surface area contributed by atoms with E-state index in [-0.39, 0.29) is 12.0 Å². The van der Waals surface area contributed by atoms with E-state index in [2.05, 4.69) is 25.4 Å². The average molecular weight is 283 g/mol. The van der Waals surface area contributed by atoms with Crippen molar-refractivity contribution in [2.24, 2.45) is 0 Å². The molecule has 5 nitrogen and oxygen atoms in total. The SMILES string of the molecule is C[N+](C)(C)CCOCl.O=P(O)(O)CCCl. The second-order valence-corrected chi connectivity index (χ2v) is 6.28. The van der Waals surface area contributed by atoms with Gasteiger partial charge in [0.25, 0.3) is 0 Å².